The lowest BCUT2D eigenvalue weighted by molar-refractivity contribution is -0.142. The van der Waals surface area contributed by atoms with E-state index in [9.17, 15) is 9.59 Å². The summed E-state index contributed by atoms with van der Waals surface area (Å²) < 4.78 is 0. The molecule has 0 spiro atoms. The maximum Gasteiger partial charge on any atom is 0.235 e. The molecule has 2 aliphatic rings. The highest BCUT2D eigenvalue weighted by molar-refractivity contribution is 5.99. The molecule has 0 aromatic heterocycles. The molecule has 0 aromatic rings. The van der Waals surface area contributed by atoms with Crippen LogP contribution in [-0.4, -0.2) is 29.3 Å². The van der Waals surface area contributed by atoms with Crippen LogP contribution in [0.2, 0.25) is 0 Å². The van der Waals surface area contributed by atoms with Crippen molar-refractivity contribution < 1.29 is 9.59 Å². The molecule has 0 radical (unpaired) electrons. The first-order chi connectivity index (χ1) is 8.20. The van der Waals surface area contributed by atoms with Gasteiger partial charge in [-0.05, 0) is 25.7 Å². The first kappa shape index (κ1) is 12.4. The lowest BCUT2D eigenvalue weighted by Gasteiger charge is -2.34. The molecule has 1 atom stereocenters. The lowest BCUT2D eigenvalue weighted by atomic mass is 9.93. The van der Waals surface area contributed by atoms with Gasteiger partial charge in [0.05, 0.1) is 0 Å². The van der Waals surface area contributed by atoms with Gasteiger partial charge in [-0.1, -0.05) is 25.7 Å². The Morgan fingerprint density at radius 3 is 2.35 bits per heavy atom. The summed E-state index contributed by atoms with van der Waals surface area (Å²) in [5, 5.41) is 0. The summed E-state index contributed by atoms with van der Waals surface area (Å²) in [7, 11) is 0. The molecule has 1 unspecified atom stereocenters. The molecule has 1 saturated carbocycles. The van der Waals surface area contributed by atoms with Gasteiger partial charge in [-0.3, -0.25) is 9.59 Å². The van der Waals surface area contributed by atoms with Gasteiger partial charge in [-0.2, -0.15) is 0 Å². The van der Waals surface area contributed by atoms with E-state index in [2.05, 4.69) is 0 Å². The van der Waals surface area contributed by atoms with Crippen molar-refractivity contribution in [2.24, 2.45) is 11.7 Å². The van der Waals surface area contributed by atoms with Crippen molar-refractivity contribution in [2.75, 3.05) is 6.54 Å². The molecule has 1 heterocycles. The van der Waals surface area contributed by atoms with E-state index in [1.807, 2.05) is 4.90 Å². The van der Waals surface area contributed by atoms with Gasteiger partial charge >= 0.3 is 0 Å². The smallest absolute Gasteiger partial charge is 0.235 e. The Morgan fingerprint density at radius 1 is 1.06 bits per heavy atom. The van der Waals surface area contributed by atoms with E-state index >= 15 is 0 Å². The SMILES string of the molecule is NC(=O)C1CCCCN(C2CCCCC2)C1=O. The minimum absolute atomic E-state index is 0.0121. The highest BCUT2D eigenvalue weighted by Crippen LogP contribution is 2.27. The number of amides is 2. The van der Waals surface area contributed by atoms with Crippen molar-refractivity contribution >= 4 is 11.8 Å². The van der Waals surface area contributed by atoms with Crippen molar-refractivity contribution in [2.45, 2.75) is 57.4 Å². The van der Waals surface area contributed by atoms with Crippen LogP contribution >= 0.6 is 0 Å². The number of carbonyl (C=O) groups is 2. The van der Waals surface area contributed by atoms with E-state index in [0.717, 1.165) is 32.2 Å². The summed E-state index contributed by atoms with van der Waals surface area (Å²) in [4.78, 5) is 25.6. The van der Waals surface area contributed by atoms with E-state index in [4.69, 9.17) is 5.73 Å². The summed E-state index contributed by atoms with van der Waals surface area (Å²) >= 11 is 0. The minimum atomic E-state index is -0.570. The van der Waals surface area contributed by atoms with Crippen molar-refractivity contribution in [3.63, 3.8) is 0 Å². The number of hydrogen-bond donors (Lipinski definition) is 1. The molecule has 0 bridgehead atoms. The molecule has 1 aliphatic carbocycles. The molecule has 1 aliphatic heterocycles. The summed E-state index contributed by atoms with van der Waals surface area (Å²) in [5.41, 5.74) is 5.33. The first-order valence-corrected chi connectivity index (χ1v) is 6.80. The predicted molar refractivity (Wildman–Crippen MR) is 65.1 cm³/mol. The topological polar surface area (TPSA) is 63.4 Å². The van der Waals surface area contributed by atoms with Crippen LogP contribution in [0.3, 0.4) is 0 Å². The van der Waals surface area contributed by atoms with Crippen LogP contribution in [-0.2, 0) is 9.59 Å². The zero-order valence-corrected chi connectivity index (χ0v) is 10.4. The van der Waals surface area contributed by atoms with Crippen molar-refractivity contribution in [1.29, 1.82) is 0 Å². The van der Waals surface area contributed by atoms with Crippen LogP contribution < -0.4 is 5.73 Å². The minimum Gasteiger partial charge on any atom is -0.369 e. The molecule has 2 amide bonds. The Morgan fingerprint density at radius 2 is 1.71 bits per heavy atom. The second kappa shape index (κ2) is 5.52. The van der Waals surface area contributed by atoms with Gasteiger partial charge in [0.15, 0.2) is 0 Å². The fraction of sp³-hybridized carbons (Fsp3) is 0.846. The molecular weight excluding hydrogens is 216 g/mol. The molecule has 2 rings (SSSR count). The monoisotopic (exact) mass is 238 g/mol. The van der Waals surface area contributed by atoms with Gasteiger partial charge in [0.2, 0.25) is 11.8 Å². The predicted octanol–water partition coefficient (Wildman–Crippen LogP) is 1.43. The van der Waals surface area contributed by atoms with Crippen molar-refractivity contribution in [3.8, 4) is 0 Å². The van der Waals surface area contributed by atoms with Gasteiger partial charge in [0.25, 0.3) is 0 Å². The molecule has 96 valence electrons. The average molecular weight is 238 g/mol. The largest absolute Gasteiger partial charge is 0.369 e. The van der Waals surface area contributed by atoms with E-state index in [-0.39, 0.29) is 5.91 Å². The van der Waals surface area contributed by atoms with E-state index in [0.29, 0.717) is 12.5 Å². The van der Waals surface area contributed by atoms with Crippen molar-refractivity contribution in [3.05, 3.63) is 0 Å². The second-order valence-electron chi connectivity index (χ2n) is 5.27. The third kappa shape index (κ3) is 2.79. The highest BCUT2D eigenvalue weighted by Gasteiger charge is 2.34. The first-order valence-electron chi connectivity index (χ1n) is 6.80. The van der Waals surface area contributed by atoms with E-state index in [1.165, 1.54) is 19.3 Å². The summed E-state index contributed by atoms with van der Waals surface area (Å²) in [6, 6.07) is 0.358. The molecule has 1 saturated heterocycles. The zero-order chi connectivity index (χ0) is 12.3. The normalized spacial score (nSPS) is 27.9. The van der Waals surface area contributed by atoms with Crippen LogP contribution in [0.1, 0.15) is 51.4 Å². The van der Waals surface area contributed by atoms with Gasteiger partial charge in [-0.25, -0.2) is 0 Å². The molecule has 2 fully saturated rings. The second-order valence-corrected chi connectivity index (χ2v) is 5.27. The zero-order valence-electron chi connectivity index (χ0n) is 10.4. The standard InChI is InChI=1S/C13H22N2O2/c14-12(16)11-8-4-5-9-15(13(11)17)10-6-2-1-3-7-10/h10-11H,1-9H2,(H2,14,16). The fourth-order valence-corrected chi connectivity index (χ4v) is 3.08. The Labute approximate surface area is 103 Å². The number of likely N-dealkylation sites (tertiary alicyclic amines) is 1. The van der Waals surface area contributed by atoms with E-state index in [1.54, 1.807) is 0 Å². The number of hydrogen-bond acceptors (Lipinski definition) is 2. The lowest BCUT2D eigenvalue weighted by Crippen LogP contribution is -2.46. The van der Waals surface area contributed by atoms with Crippen LogP contribution in [0.5, 0.6) is 0 Å². The summed E-state index contributed by atoms with van der Waals surface area (Å²) in [6.07, 6.45) is 8.45. The Kier molecular flexibility index (Phi) is 4.02. The quantitative estimate of drug-likeness (QED) is 0.740. The van der Waals surface area contributed by atoms with Gasteiger partial charge in [-0.15, -0.1) is 0 Å². The van der Waals surface area contributed by atoms with Crippen LogP contribution in [0.15, 0.2) is 0 Å². The van der Waals surface area contributed by atoms with Crippen LogP contribution in [0.25, 0.3) is 0 Å². The Bertz CT molecular complexity index is 298. The van der Waals surface area contributed by atoms with Crippen LogP contribution in [0, 0.1) is 5.92 Å². The van der Waals surface area contributed by atoms with Gasteiger partial charge < -0.3 is 10.6 Å². The summed E-state index contributed by atoms with van der Waals surface area (Å²) in [6.45, 7) is 0.813. The average Bonchev–Trinajstić information content (AvgIpc) is 2.52. The molecule has 4 heteroatoms. The molecule has 4 nitrogen and oxygen atoms in total. The fourth-order valence-electron chi connectivity index (χ4n) is 3.08. The van der Waals surface area contributed by atoms with E-state index < -0.39 is 11.8 Å². The number of primary amides is 1. The van der Waals surface area contributed by atoms with Crippen molar-refractivity contribution in [1.82, 2.24) is 4.90 Å². The number of carbonyl (C=O) groups excluding carboxylic acids is 2. The number of rotatable bonds is 2. The Hall–Kier alpha value is -1.06. The summed E-state index contributed by atoms with van der Waals surface area (Å²) in [5.74, 6) is -1.03. The third-order valence-electron chi connectivity index (χ3n) is 4.08. The molecule has 17 heavy (non-hydrogen) atoms. The molecule has 0 aromatic carbocycles. The van der Waals surface area contributed by atoms with Gasteiger partial charge in [0, 0.05) is 12.6 Å². The third-order valence-corrected chi connectivity index (χ3v) is 4.08. The number of nitrogens with zero attached hydrogens (tertiary/aromatic N) is 1. The maximum absolute atomic E-state index is 12.3. The van der Waals surface area contributed by atoms with Gasteiger partial charge in [0.1, 0.15) is 5.92 Å². The maximum atomic E-state index is 12.3. The Balaban J connectivity index is 2.08. The molecular formula is C13H22N2O2. The number of nitrogens with two attached hydrogens (primary N) is 1. The van der Waals surface area contributed by atoms with Crippen LogP contribution in [0.4, 0.5) is 0 Å². The highest BCUT2D eigenvalue weighted by atomic mass is 16.2. The molecule has 2 N–H and O–H groups in total.